The molecule has 6 nitrogen and oxygen atoms in total. The Morgan fingerprint density at radius 3 is 2.07 bits per heavy atom. The van der Waals surface area contributed by atoms with Gasteiger partial charge in [0.2, 0.25) is 5.91 Å². The lowest BCUT2D eigenvalue weighted by molar-refractivity contribution is -0.134. The number of hydrogen-bond donors (Lipinski definition) is 2. The number of benzene rings is 2. The van der Waals surface area contributed by atoms with Crippen LogP contribution in [0.3, 0.4) is 0 Å². The van der Waals surface area contributed by atoms with E-state index in [4.69, 9.17) is 0 Å². The molecular formula is C24H29N3O3. The zero-order valence-corrected chi connectivity index (χ0v) is 17.8. The molecule has 0 bridgehead atoms. The zero-order valence-electron chi connectivity index (χ0n) is 17.8. The Morgan fingerprint density at radius 1 is 0.933 bits per heavy atom. The highest BCUT2D eigenvalue weighted by molar-refractivity contribution is 6.07. The molecule has 0 radical (unpaired) electrons. The minimum atomic E-state index is -0.596. The highest BCUT2D eigenvalue weighted by Gasteiger charge is 2.61. The summed E-state index contributed by atoms with van der Waals surface area (Å²) < 4.78 is 0. The van der Waals surface area contributed by atoms with E-state index >= 15 is 0 Å². The molecule has 2 atom stereocenters. The van der Waals surface area contributed by atoms with Gasteiger partial charge in [0.1, 0.15) is 0 Å². The van der Waals surface area contributed by atoms with Gasteiger partial charge in [-0.1, -0.05) is 42.5 Å². The van der Waals surface area contributed by atoms with Crippen molar-refractivity contribution in [3.8, 4) is 0 Å². The number of amides is 3. The first-order chi connectivity index (χ1) is 14.5. The van der Waals surface area contributed by atoms with E-state index in [-0.39, 0.29) is 23.6 Å². The molecule has 1 fully saturated rings. The molecule has 2 N–H and O–H groups in total. The lowest BCUT2D eigenvalue weighted by Gasteiger charge is -2.26. The highest BCUT2D eigenvalue weighted by atomic mass is 16.2. The normalized spacial score (nSPS) is 19.6. The van der Waals surface area contributed by atoms with Crippen LogP contribution in [0.2, 0.25) is 0 Å². The molecule has 1 aliphatic rings. The molecule has 1 aliphatic carbocycles. The van der Waals surface area contributed by atoms with Crippen LogP contribution in [0, 0.1) is 5.92 Å². The average Bonchev–Trinajstić information content (AvgIpc) is 3.53. The van der Waals surface area contributed by atoms with E-state index in [1.165, 1.54) is 7.05 Å². The lowest BCUT2D eigenvalue weighted by atomic mass is 9.91. The van der Waals surface area contributed by atoms with Crippen molar-refractivity contribution >= 4 is 17.7 Å². The second kappa shape index (κ2) is 9.11. The van der Waals surface area contributed by atoms with Crippen molar-refractivity contribution in [2.45, 2.75) is 25.7 Å². The molecule has 6 heteroatoms. The molecule has 0 aliphatic heterocycles. The van der Waals surface area contributed by atoms with Crippen molar-refractivity contribution in [2.24, 2.45) is 5.92 Å². The van der Waals surface area contributed by atoms with Crippen molar-refractivity contribution in [3.05, 3.63) is 71.3 Å². The molecular weight excluding hydrogens is 378 g/mol. The van der Waals surface area contributed by atoms with Crippen molar-refractivity contribution in [1.29, 1.82) is 0 Å². The van der Waals surface area contributed by atoms with Crippen LogP contribution in [0.1, 0.15) is 46.5 Å². The largest absolute Gasteiger partial charge is 0.355 e. The maximum absolute atomic E-state index is 13.4. The van der Waals surface area contributed by atoms with E-state index in [2.05, 4.69) is 10.6 Å². The Bertz CT molecular complexity index is 924. The molecule has 2 aromatic rings. The van der Waals surface area contributed by atoms with Crippen LogP contribution in [0.5, 0.6) is 0 Å². The van der Waals surface area contributed by atoms with Gasteiger partial charge in [-0.05, 0) is 43.9 Å². The Balaban J connectivity index is 1.78. The summed E-state index contributed by atoms with van der Waals surface area (Å²) in [6.45, 7) is 5.65. The van der Waals surface area contributed by atoms with E-state index in [1.807, 2.05) is 49.1 Å². The molecule has 0 saturated heterocycles. The van der Waals surface area contributed by atoms with Gasteiger partial charge in [-0.15, -0.1) is 0 Å². The van der Waals surface area contributed by atoms with Gasteiger partial charge in [0.15, 0.2) is 0 Å². The summed E-state index contributed by atoms with van der Waals surface area (Å²) in [4.78, 5) is 40.1. The van der Waals surface area contributed by atoms with Crippen LogP contribution in [-0.4, -0.2) is 49.3 Å². The maximum Gasteiger partial charge on any atom is 0.252 e. The fraction of sp³-hybridized carbons (Fsp3) is 0.375. The molecule has 0 spiro atoms. The van der Waals surface area contributed by atoms with Gasteiger partial charge in [-0.25, -0.2) is 0 Å². The van der Waals surface area contributed by atoms with Gasteiger partial charge in [-0.3, -0.25) is 14.4 Å². The Hall–Kier alpha value is -3.15. The van der Waals surface area contributed by atoms with Crippen LogP contribution in [0.15, 0.2) is 54.6 Å². The van der Waals surface area contributed by atoms with Gasteiger partial charge < -0.3 is 15.5 Å². The van der Waals surface area contributed by atoms with Gasteiger partial charge in [0, 0.05) is 26.7 Å². The van der Waals surface area contributed by atoms with Crippen LogP contribution >= 0.6 is 0 Å². The minimum Gasteiger partial charge on any atom is -0.355 e. The number of rotatable bonds is 8. The summed E-state index contributed by atoms with van der Waals surface area (Å²) in [6.07, 6.45) is 0.698. The summed E-state index contributed by atoms with van der Waals surface area (Å²) in [6, 6.07) is 16.5. The van der Waals surface area contributed by atoms with E-state index < -0.39 is 5.41 Å². The lowest BCUT2D eigenvalue weighted by Crippen LogP contribution is -2.41. The van der Waals surface area contributed by atoms with Crippen LogP contribution in [0.25, 0.3) is 0 Å². The fourth-order valence-electron chi connectivity index (χ4n) is 4.17. The standard InChI is InChI=1S/C24H29N3O3/c1-4-27(5-2)23(30)24(17-11-7-6-8-12-17)15-18(24)16-26-22(29)20-14-10-9-13-19(20)21(28)25-3/h6-14,18H,4-5,15-16H2,1-3H3,(H,25,28)(H,26,29). The molecule has 0 aromatic heterocycles. The second-order valence-corrected chi connectivity index (χ2v) is 7.55. The van der Waals surface area contributed by atoms with E-state index in [0.29, 0.717) is 37.2 Å². The van der Waals surface area contributed by atoms with Crippen molar-refractivity contribution in [1.82, 2.24) is 15.5 Å². The van der Waals surface area contributed by atoms with Crippen molar-refractivity contribution < 1.29 is 14.4 Å². The van der Waals surface area contributed by atoms with Gasteiger partial charge >= 0.3 is 0 Å². The number of nitrogens with zero attached hydrogens (tertiary/aromatic N) is 1. The number of carbonyl (C=O) groups is 3. The molecule has 0 heterocycles. The minimum absolute atomic E-state index is 0.0177. The molecule has 3 amide bonds. The molecule has 3 rings (SSSR count). The number of likely N-dealkylation sites (N-methyl/N-ethyl adjacent to an activating group) is 1. The first-order valence-corrected chi connectivity index (χ1v) is 10.4. The van der Waals surface area contributed by atoms with Crippen LogP contribution in [-0.2, 0) is 10.2 Å². The Labute approximate surface area is 177 Å². The molecule has 2 unspecified atom stereocenters. The fourth-order valence-corrected chi connectivity index (χ4v) is 4.17. The predicted molar refractivity (Wildman–Crippen MR) is 116 cm³/mol. The van der Waals surface area contributed by atoms with Crippen molar-refractivity contribution in [3.63, 3.8) is 0 Å². The number of carbonyl (C=O) groups excluding carboxylic acids is 3. The molecule has 2 aromatic carbocycles. The van der Waals surface area contributed by atoms with Gasteiger partial charge in [0.05, 0.1) is 16.5 Å². The Morgan fingerprint density at radius 2 is 1.50 bits per heavy atom. The smallest absolute Gasteiger partial charge is 0.252 e. The topological polar surface area (TPSA) is 78.5 Å². The highest BCUT2D eigenvalue weighted by Crippen LogP contribution is 2.55. The van der Waals surface area contributed by atoms with E-state index in [9.17, 15) is 14.4 Å². The molecule has 158 valence electrons. The van der Waals surface area contributed by atoms with Crippen molar-refractivity contribution in [2.75, 3.05) is 26.7 Å². The second-order valence-electron chi connectivity index (χ2n) is 7.55. The predicted octanol–water partition coefficient (Wildman–Crippen LogP) is 2.60. The van der Waals surface area contributed by atoms with Gasteiger partial charge in [-0.2, -0.15) is 0 Å². The third-order valence-electron chi connectivity index (χ3n) is 5.98. The van der Waals surface area contributed by atoms with Crippen LogP contribution < -0.4 is 10.6 Å². The third kappa shape index (κ3) is 3.95. The molecule has 1 saturated carbocycles. The average molecular weight is 408 g/mol. The van der Waals surface area contributed by atoms with Gasteiger partial charge in [0.25, 0.3) is 11.8 Å². The summed E-state index contributed by atoms with van der Waals surface area (Å²) in [5, 5.41) is 5.50. The maximum atomic E-state index is 13.4. The summed E-state index contributed by atoms with van der Waals surface area (Å²) in [5.41, 5.74) is 1.06. The summed E-state index contributed by atoms with van der Waals surface area (Å²) in [7, 11) is 1.54. The SMILES string of the molecule is CCN(CC)C(=O)C1(c2ccccc2)CC1CNC(=O)c1ccccc1C(=O)NC. The van der Waals surface area contributed by atoms with E-state index in [1.54, 1.807) is 24.3 Å². The zero-order chi connectivity index (χ0) is 21.7. The monoisotopic (exact) mass is 407 g/mol. The quantitative estimate of drug-likeness (QED) is 0.706. The summed E-state index contributed by atoms with van der Waals surface area (Å²) in [5.74, 6) is -0.478. The first kappa shape index (κ1) is 21.6. The van der Waals surface area contributed by atoms with Crippen LogP contribution in [0.4, 0.5) is 0 Å². The first-order valence-electron chi connectivity index (χ1n) is 10.4. The van der Waals surface area contributed by atoms with E-state index in [0.717, 1.165) is 5.56 Å². The number of hydrogen-bond acceptors (Lipinski definition) is 3. The third-order valence-corrected chi connectivity index (χ3v) is 5.98. The number of nitrogens with one attached hydrogen (secondary N) is 2. The Kier molecular flexibility index (Phi) is 6.55. The summed E-state index contributed by atoms with van der Waals surface area (Å²) >= 11 is 0. The molecule has 30 heavy (non-hydrogen) atoms.